The molecule has 0 aliphatic carbocycles. The van der Waals surface area contributed by atoms with Gasteiger partial charge in [-0.15, -0.1) is 0 Å². The Labute approximate surface area is 123 Å². The van der Waals surface area contributed by atoms with E-state index in [4.69, 9.17) is 14.7 Å². The predicted molar refractivity (Wildman–Crippen MR) is 75.0 cm³/mol. The Balaban J connectivity index is 2.47. The highest BCUT2D eigenvalue weighted by Gasteiger charge is 2.22. The summed E-state index contributed by atoms with van der Waals surface area (Å²) in [5.41, 5.74) is 0.845. The van der Waals surface area contributed by atoms with Gasteiger partial charge in [-0.3, -0.25) is 0 Å². The first-order chi connectivity index (χ1) is 10.2. The van der Waals surface area contributed by atoms with Crippen molar-refractivity contribution in [3.05, 3.63) is 35.9 Å². The predicted octanol–water partition coefficient (Wildman–Crippen LogP) is 2.15. The summed E-state index contributed by atoms with van der Waals surface area (Å²) in [7, 11) is 0. The van der Waals surface area contributed by atoms with Gasteiger partial charge in [0.2, 0.25) is 0 Å². The van der Waals surface area contributed by atoms with Crippen LogP contribution in [0.15, 0.2) is 30.3 Å². The lowest BCUT2D eigenvalue weighted by atomic mass is 10.2. The van der Waals surface area contributed by atoms with Crippen LogP contribution in [0.1, 0.15) is 25.3 Å². The molecule has 1 N–H and O–H groups in total. The third-order valence-electron chi connectivity index (χ3n) is 2.62. The van der Waals surface area contributed by atoms with Crippen LogP contribution in [0.4, 0.5) is 4.79 Å². The summed E-state index contributed by atoms with van der Waals surface area (Å²) >= 11 is 0. The van der Waals surface area contributed by atoms with Gasteiger partial charge in [-0.1, -0.05) is 30.3 Å². The Kier molecular flexibility index (Phi) is 7.36. The average Bonchev–Trinajstić information content (AvgIpc) is 2.50. The standard InChI is InChI=1S/C15H18N2O4/c1-2-20-14(18)13(9-6-10-16)17-15(19)21-11-12-7-4-3-5-8-12/h3-5,7-8,13H,2,6,9,11H2,1H3,(H,17,19). The molecule has 21 heavy (non-hydrogen) atoms. The summed E-state index contributed by atoms with van der Waals surface area (Å²) in [6.45, 7) is 2.00. The van der Waals surface area contributed by atoms with Crippen LogP contribution in [0.25, 0.3) is 0 Å². The fourth-order valence-electron chi connectivity index (χ4n) is 1.61. The maximum atomic E-state index is 11.7. The molecule has 1 unspecified atom stereocenters. The van der Waals surface area contributed by atoms with Crippen molar-refractivity contribution in [2.45, 2.75) is 32.4 Å². The third-order valence-corrected chi connectivity index (χ3v) is 2.62. The second kappa shape index (κ2) is 9.37. The van der Waals surface area contributed by atoms with Gasteiger partial charge < -0.3 is 14.8 Å². The molecule has 0 aliphatic heterocycles. The molecule has 0 radical (unpaired) electrons. The first-order valence-electron chi connectivity index (χ1n) is 6.68. The number of nitriles is 1. The van der Waals surface area contributed by atoms with Gasteiger partial charge in [-0.2, -0.15) is 5.26 Å². The first-order valence-corrected chi connectivity index (χ1v) is 6.68. The van der Waals surface area contributed by atoms with Crippen LogP contribution in [0.5, 0.6) is 0 Å². The van der Waals surface area contributed by atoms with Crippen molar-refractivity contribution < 1.29 is 19.1 Å². The SMILES string of the molecule is CCOC(=O)C(CCC#N)NC(=O)OCc1ccccc1. The van der Waals surface area contributed by atoms with E-state index in [2.05, 4.69) is 5.32 Å². The highest BCUT2D eigenvalue weighted by atomic mass is 16.6. The molecule has 6 nitrogen and oxygen atoms in total. The van der Waals surface area contributed by atoms with Crippen molar-refractivity contribution in [2.75, 3.05) is 6.61 Å². The maximum absolute atomic E-state index is 11.7. The second-order valence-electron chi connectivity index (χ2n) is 4.21. The number of amides is 1. The van der Waals surface area contributed by atoms with Gasteiger partial charge >= 0.3 is 12.1 Å². The normalized spacial score (nSPS) is 11.0. The van der Waals surface area contributed by atoms with E-state index in [1.807, 2.05) is 36.4 Å². The largest absolute Gasteiger partial charge is 0.464 e. The number of ether oxygens (including phenoxy) is 2. The second-order valence-corrected chi connectivity index (χ2v) is 4.21. The summed E-state index contributed by atoms with van der Waals surface area (Å²) in [5.74, 6) is -0.565. The van der Waals surface area contributed by atoms with E-state index < -0.39 is 18.1 Å². The van der Waals surface area contributed by atoms with Gasteiger partial charge in [-0.25, -0.2) is 9.59 Å². The van der Waals surface area contributed by atoms with E-state index in [0.717, 1.165) is 5.56 Å². The summed E-state index contributed by atoms with van der Waals surface area (Å²) < 4.78 is 9.87. The highest BCUT2D eigenvalue weighted by Crippen LogP contribution is 2.03. The van der Waals surface area contributed by atoms with E-state index in [-0.39, 0.29) is 26.1 Å². The molecule has 0 spiro atoms. The molecule has 0 aromatic heterocycles. The van der Waals surface area contributed by atoms with E-state index in [0.29, 0.717) is 0 Å². The molecule has 1 rings (SSSR count). The van der Waals surface area contributed by atoms with E-state index in [1.54, 1.807) is 6.92 Å². The number of rotatable bonds is 7. The van der Waals surface area contributed by atoms with Crippen molar-refractivity contribution in [3.8, 4) is 6.07 Å². The smallest absolute Gasteiger partial charge is 0.408 e. The monoisotopic (exact) mass is 290 g/mol. The van der Waals surface area contributed by atoms with Crippen molar-refractivity contribution >= 4 is 12.1 Å². The molecule has 6 heteroatoms. The Bertz CT molecular complexity index is 496. The van der Waals surface area contributed by atoms with Crippen LogP contribution in [0, 0.1) is 11.3 Å². The molecular weight excluding hydrogens is 272 g/mol. The van der Waals surface area contributed by atoms with Crippen LogP contribution >= 0.6 is 0 Å². The minimum atomic E-state index is -0.868. The van der Waals surface area contributed by atoms with Gasteiger partial charge in [0, 0.05) is 6.42 Å². The zero-order chi connectivity index (χ0) is 15.5. The van der Waals surface area contributed by atoms with Crippen LogP contribution in [-0.2, 0) is 20.9 Å². The van der Waals surface area contributed by atoms with Gasteiger partial charge in [0.1, 0.15) is 12.6 Å². The van der Waals surface area contributed by atoms with Gasteiger partial charge in [0.05, 0.1) is 12.7 Å². The first kappa shape index (κ1) is 16.5. The van der Waals surface area contributed by atoms with Crippen LogP contribution in [-0.4, -0.2) is 24.7 Å². The number of alkyl carbamates (subject to hydrolysis) is 1. The molecule has 1 atom stereocenters. The third kappa shape index (κ3) is 6.43. The molecule has 1 amide bonds. The molecule has 0 aliphatic rings. The summed E-state index contributed by atoms with van der Waals surface area (Å²) in [4.78, 5) is 23.3. The molecule has 0 bridgehead atoms. The van der Waals surface area contributed by atoms with Crippen molar-refractivity contribution in [2.24, 2.45) is 0 Å². The zero-order valence-corrected chi connectivity index (χ0v) is 11.9. The lowest BCUT2D eigenvalue weighted by Gasteiger charge is -2.16. The quantitative estimate of drug-likeness (QED) is 0.777. The molecular formula is C15H18N2O4. The fourth-order valence-corrected chi connectivity index (χ4v) is 1.61. The lowest BCUT2D eigenvalue weighted by molar-refractivity contribution is -0.145. The topological polar surface area (TPSA) is 88.4 Å². The van der Waals surface area contributed by atoms with Crippen molar-refractivity contribution in [1.82, 2.24) is 5.32 Å². The summed E-state index contributed by atoms with van der Waals surface area (Å²) in [6.07, 6.45) is -0.382. The van der Waals surface area contributed by atoms with Gasteiger partial charge in [0.25, 0.3) is 0 Å². The Hall–Kier alpha value is -2.55. The van der Waals surface area contributed by atoms with Crippen LogP contribution in [0.3, 0.4) is 0 Å². The summed E-state index contributed by atoms with van der Waals surface area (Å²) in [6, 6.07) is 10.2. The molecule has 1 aromatic rings. The summed E-state index contributed by atoms with van der Waals surface area (Å²) in [5, 5.41) is 11.0. The number of esters is 1. The Morgan fingerprint density at radius 2 is 2.00 bits per heavy atom. The molecule has 0 heterocycles. The van der Waals surface area contributed by atoms with E-state index >= 15 is 0 Å². The number of carbonyl (C=O) groups excluding carboxylic acids is 2. The Morgan fingerprint density at radius 1 is 1.29 bits per heavy atom. The number of nitrogens with zero attached hydrogens (tertiary/aromatic N) is 1. The van der Waals surface area contributed by atoms with Crippen LogP contribution < -0.4 is 5.32 Å². The van der Waals surface area contributed by atoms with Gasteiger partial charge in [-0.05, 0) is 18.9 Å². The number of hydrogen-bond acceptors (Lipinski definition) is 5. The molecule has 0 fully saturated rings. The molecule has 112 valence electrons. The number of carbonyl (C=O) groups is 2. The molecule has 1 aromatic carbocycles. The van der Waals surface area contributed by atoms with E-state index in [9.17, 15) is 9.59 Å². The fraction of sp³-hybridized carbons (Fsp3) is 0.400. The minimum absolute atomic E-state index is 0.112. The number of nitrogens with one attached hydrogen (secondary N) is 1. The minimum Gasteiger partial charge on any atom is -0.464 e. The molecule has 0 saturated carbocycles. The van der Waals surface area contributed by atoms with Crippen molar-refractivity contribution in [3.63, 3.8) is 0 Å². The number of benzene rings is 1. The highest BCUT2D eigenvalue weighted by molar-refractivity contribution is 5.81. The van der Waals surface area contributed by atoms with Crippen LogP contribution in [0.2, 0.25) is 0 Å². The average molecular weight is 290 g/mol. The molecule has 0 saturated heterocycles. The van der Waals surface area contributed by atoms with Gasteiger partial charge in [0.15, 0.2) is 0 Å². The maximum Gasteiger partial charge on any atom is 0.408 e. The number of hydrogen-bond donors (Lipinski definition) is 1. The van der Waals surface area contributed by atoms with E-state index in [1.165, 1.54) is 0 Å². The Morgan fingerprint density at radius 3 is 2.62 bits per heavy atom. The lowest BCUT2D eigenvalue weighted by Crippen LogP contribution is -2.42. The van der Waals surface area contributed by atoms with Crippen molar-refractivity contribution in [1.29, 1.82) is 5.26 Å². The zero-order valence-electron chi connectivity index (χ0n) is 11.9.